The number of nitrogens with zero attached hydrogens (tertiary/aromatic N) is 2. The number of amides is 1. The zero-order valence-electron chi connectivity index (χ0n) is 14.1. The van der Waals surface area contributed by atoms with E-state index in [1.54, 1.807) is 23.1 Å². The molecule has 0 fully saturated rings. The normalized spacial score (nSPS) is 10.7. The molecule has 0 saturated heterocycles. The summed E-state index contributed by atoms with van der Waals surface area (Å²) in [6.45, 7) is 4.98. The molecule has 0 saturated carbocycles. The van der Waals surface area contributed by atoms with Gasteiger partial charge in [0.25, 0.3) is 5.56 Å². The van der Waals surface area contributed by atoms with E-state index in [4.69, 9.17) is 0 Å². The van der Waals surface area contributed by atoms with Gasteiger partial charge in [-0.05, 0) is 25.5 Å². The summed E-state index contributed by atoms with van der Waals surface area (Å²) in [4.78, 5) is 32.3. The number of thioether (sulfide) groups is 1. The van der Waals surface area contributed by atoms with Gasteiger partial charge in [-0.25, -0.2) is 4.39 Å². The van der Waals surface area contributed by atoms with Crippen LogP contribution in [0, 0.1) is 5.82 Å². The highest BCUT2D eigenvalue weighted by molar-refractivity contribution is 7.99. The number of rotatable bonds is 7. The van der Waals surface area contributed by atoms with E-state index in [0.29, 0.717) is 18.7 Å². The molecule has 0 unspecified atom stereocenters. The molecule has 0 bridgehead atoms. The quantitative estimate of drug-likeness (QED) is 0.580. The van der Waals surface area contributed by atoms with Crippen LogP contribution in [0.4, 0.5) is 4.39 Å². The topological polar surface area (TPSA) is 86.3 Å². The summed E-state index contributed by atoms with van der Waals surface area (Å²) in [5.41, 5.74) is -0.264. The van der Waals surface area contributed by atoms with Gasteiger partial charge in [-0.3, -0.25) is 9.59 Å². The zero-order chi connectivity index (χ0) is 18.4. The van der Waals surface area contributed by atoms with Crippen LogP contribution in [0.2, 0.25) is 0 Å². The summed E-state index contributed by atoms with van der Waals surface area (Å²) in [5.74, 6) is -0.876. The largest absolute Gasteiger partial charge is 0.493 e. The molecule has 2 rings (SSSR count). The first-order valence-corrected chi connectivity index (χ1v) is 8.90. The van der Waals surface area contributed by atoms with Gasteiger partial charge in [0.05, 0.1) is 11.3 Å². The summed E-state index contributed by atoms with van der Waals surface area (Å²) < 4.78 is 13.7. The highest BCUT2D eigenvalue weighted by Gasteiger charge is 2.15. The molecule has 0 spiro atoms. The van der Waals surface area contributed by atoms with Crippen LogP contribution in [0.1, 0.15) is 25.0 Å². The van der Waals surface area contributed by atoms with Crippen molar-refractivity contribution in [1.29, 1.82) is 0 Å². The molecule has 1 aromatic heterocycles. The molecule has 0 aliphatic rings. The van der Waals surface area contributed by atoms with Gasteiger partial charge < -0.3 is 15.0 Å². The zero-order valence-corrected chi connectivity index (χ0v) is 14.9. The van der Waals surface area contributed by atoms with E-state index in [0.717, 1.165) is 11.8 Å². The number of carbonyl (C=O) groups excluding carboxylic acids is 1. The minimum absolute atomic E-state index is 0.00970. The fraction of sp³-hybridized carbons (Fsp3) is 0.353. The number of aromatic amines is 1. The van der Waals surface area contributed by atoms with E-state index < -0.39 is 17.3 Å². The Morgan fingerprint density at radius 1 is 1.32 bits per heavy atom. The predicted molar refractivity (Wildman–Crippen MR) is 94.4 cm³/mol. The molecular weight excluding hydrogens is 345 g/mol. The van der Waals surface area contributed by atoms with Crippen molar-refractivity contribution in [3.05, 3.63) is 51.6 Å². The van der Waals surface area contributed by atoms with Crippen molar-refractivity contribution in [2.45, 2.75) is 25.4 Å². The third kappa shape index (κ3) is 4.82. The first-order valence-electron chi connectivity index (χ1n) is 7.92. The Morgan fingerprint density at radius 2 is 2.00 bits per heavy atom. The molecule has 0 aliphatic carbocycles. The Kier molecular flexibility index (Phi) is 6.58. The van der Waals surface area contributed by atoms with Crippen molar-refractivity contribution in [3.63, 3.8) is 0 Å². The minimum Gasteiger partial charge on any atom is -0.493 e. The van der Waals surface area contributed by atoms with Crippen molar-refractivity contribution in [1.82, 2.24) is 14.9 Å². The lowest BCUT2D eigenvalue weighted by Gasteiger charge is -2.17. The highest BCUT2D eigenvalue weighted by Crippen LogP contribution is 2.20. The summed E-state index contributed by atoms with van der Waals surface area (Å²) in [6, 6.07) is 6.03. The van der Waals surface area contributed by atoms with Crippen molar-refractivity contribution < 1.29 is 14.3 Å². The Balaban J connectivity index is 2.13. The van der Waals surface area contributed by atoms with Gasteiger partial charge in [0.1, 0.15) is 5.82 Å². The predicted octanol–water partition coefficient (Wildman–Crippen LogP) is 2.17. The number of benzene rings is 1. The van der Waals surface area contributed by atoms with Gasteiger partial charge in [0.2, 0.25) is 11.8 Å². The maximum atomic E-state index is 13.7. The Hall–Kier alpha value is -2.35. The van der Waals surface area contributed by atoms with Gasteiger partial charge in [-0.1, -0.05) is 30.0 Å². The molecule has 6 nitrogen and oxygen atoms in total. The van der Waals surface area contributed by atoms with Crippen molar-refractivity contribution in [2.24, 2.45) is 0 Å². The van der Waals surface area contributed by atoms with Crippen LogP contribution in [-0.4, -0.2) is 44.7 Å². The number of aromatic hydroxyl groups is 1. The van der Waals surface area contributed by atoms with Gasteiger partial charge in [0, 0.05) is 19.5 Å². The monoisotopic (exact) mass is 365 g/mol. The van der Waals surface area contributed by atoms with E-state index in [1.165, 1.54) is 6.07 Å². The van der Waals surface area contributed by atoms with Gasteiger partial charge in [0.15, 0.2) is 5.16 Å². The molecule has 1 aromatic carbocycles. The molecule has 0 aliphatic heterocycles. The first kappa shape index (κ1) is 19.0. The fourth-order valence-electron chi connectivity index (χ4n) is 2.32. The smallest absolute Gasteiger partial charge is 0.258 e. The average Bonchev–Trinajstić information content (AvgIpc) is 2.59. The van der Waals surface area contributed by atoms with Crippen LogP contribution in [0.3, 0.4) is 0 Å². The molecular formula is C17H20FN3O3S. The molecule has 1 amide bonds. The molecule has 0 atom stereocenters. The fourth-order valence-corrected chi connectivity index (χ4v) is 3.08. The molecule has 2 aromatic rings. The van der Waals surface area contributed by atoms with E-state index in [1.807, 2.05) is 13.8 Å². The second-order valence-corrected chi connectivity index (χ2v) is 6.26. The van der Waals surface area contributed by atoms with Gasteiger partial charge >= 0.3 is 0 Å². The second-order valence-electron chi connectivity index (χ2n) is 5.30. The third-order valence-electron chi connectivity index (χ3n) is 3.75. The van der Waals surface area contributed by atoms with E-state index in [-0.39, 0.29) is 28.8 Å². The lowest BCUT2D eigenvalue weighted by Crippen LogP contribution is -2.32. The Labute approximate surface area is 149 Å². The molecule has 25 heavy (non-hydrogen) atoms. The van der Waals surface area contributed by atoms with E-state index >= 15 is 0 Å². The third-order valence-corrected chi connectivity index (χ3v) is 4.60. The van der Waals surface area contributed by atoms with Crippen LogP contribution >= 0.6 is 11.8 Å². The minimum atomic E-state index is -0.548. The Morgan fingerprint density at radius 3 is 2.60 bits per heavy atom. The SMILES string of the molecule is CCN(CC)C(=O)CSc1nc(O)c(Cc2ccccc2F)c(=O)[nH]1. The van der Waals surface area contributed by atoms with E-state index in [9.17, 15) is 19.1 Å². The summed E-state index contributed by atoms with van der Waals surface area (Å²) in [6.07, 6.45) is -0.0653. The van der Waals surface area contributed by atoms with Crippen molar-refractivity contribution in [3.8, 4) is 5.88 Å². The second kappa shape index (κ2) is 8.66. The number of H-pyrrole nitrogens is 1. The number of hydrogen-bond acceptors (Lipinski definition) is 5. The van der Waals surface area contributed by atoms with Gasteiger partial charge in [-0.2, -0.15) is 4.98 Å². The van der Waals surface area contributed by atoms with Crippen LogP contribution in [0.25, 0.3) is 0 Å². The van der Waals surface area contributed by atoms with Crippen LogP contribution in [-0.2, 0) is 11.2 Å². The summed E-state index contributed by atoms with van der Waals surface area (Å²) in [7, 11) is 0. The molecule has 134 valence electrons. The number of hydrogen-bond donors (Lipinski definition) is 2. The van der Waals surface area contributed by atoms with Crippen LogP contribution in [0.15, 0.2) is 34.2 Å². The lowest BCUT2D eigenvalue weighted by atomic mass is 10.1. The average molecular weight is 365 g/mol. The maximum absolute atomic E-state index is 13.7. The molecule has 0 radical (unpaired) electrons. The van der Waals surface area contributed by atoms with Crippen molar-refractivity contribution >= 4 is 17.7 Å². The first-order chi connectivity index (χ1) is 12.0. The van der Waals surface area contributed by atoms with Crippen molar-refractivity contribution in [2.75, 3.05) is 18.8 Å². The van der Waals surface area contributed by atoms with Gasteiger partial charge in [-0.15, -0.1) is 0 Å². The summed E-state index contributed by atoms with van der Waals surface area (Å²) >= 11 is 1.04. The molecule has 2 N–H and O–H groups in total. The Bertz CT molecular complexity index is 806. The number of carbonyl (C=O) groups is 1. The van der Waals surface area contributed by atoms with E-state index in [2.05, 4.69) is 9.97 Å². The lowest BCUT2D eigenvalue weighted by molar-refractivity contribution is -0.127. The molecule has 8 heteroatoms. The summed E-state index contributed by atoms with van der Waals surface area (Å²) in [5, 5.41) is 10.2. The molecule has 1 heterocycles. The van der Waals surface area contributed by atoms with Crippen LogP contribution < -0.4 is 5.56 Å². The standard InChI is InChI=1S/C17H20FN3O3S/c1-3-21(4-2)14(22)10-25-17-19-15(23)12(16(24)20-17)9-11-7-5-6-8-13(11)18/h5-8H,3-4,9-10H2,1-2H3,(H2,19,20,23,24). The number of halogens is 1. The highest BCUT2D eigenvalue weighted by atomic mass is 32.2. The maximum Gasteiger partial charge on any atom is 0.258 e. The van der Waals surface area contributed by atoms with Crippen LogP contribution in [0.5, 0.6) is 5.88 Å². The number of nitrogens with one attached hydrogen (secondary N) is 1. The number of aromatic nitrogens is 2.